The molecule has 2 nitrogen and oxygen atoms in total. The summed E-state index contributed by atoms with van der Waals surface area (Å²) in [6.45, 7) is 4.60. The van der Waals surface area contributed by atoms with Gasteiger partial charge in [-0.15, -0.1) is 0 Å². The lowest BCUT2D eigenvalue weighted by atomic mass is 10.0. The Morgan fingerprint density at radius 3 is 2.89 bits per heavy atom. The topological polar surface area (TPSA) is 24.1 Å². The SMILES string of the molecule is CCC(=Cc1ccccc1)C1C[C@@H]1NC1CCNC1. The van der Waals surface area contributed by atoms with Gasteiger partial charge < -0.3 is 10.6 Å². The molecule has 2 N–H and O–H groups in total. The molecule has 3 rings (SSSR count). The molecule has 0 bridgehead atoms. The fraction of sp³-hybridized carbons (Fsp3) is 0.529. The van der Waals surface area contributed by atoms with E-state index in [-0.39, 0.29) is 0 Å². The van der Waals surface area contributed by atoms with Gasteiger partial charge in [0, 0.05) is 18.6 Å². The molecule has 102 valence electrons. The second-order valence-electron chi connectivity index (χ2n) is 5.79. The third-order valence-electron chi connectivity index (χ3n) is 4.34. The van der Waals surface area contributed by atoms with Gasteiger partial charge in [0.1, 0.15) is 0 Å². The highest BCUT2D eigenvalue weighted by Crippen LogP contribution is 2.40. The van der Waals surface area contributed by atoms with E-state index in [2.05, 4.69) is 54.0 Å². The molecule has 19 heavy (non-hydrogen) atoms. The minimum Gasteiger partial charge on any atom is -0.315 e. The van der Waals surface area contributed by atoms with Crippen LogP contribution >= 0.6 is 0 Å². The Morgan fingerprint density at radius 1 is 1.37 bits per heavy atom. The largest absolute Gasteiger partial charge is 0.315 e. The van der Waals surface area contributed by atoms with Crippen molar-refractivity contribution in [3.8, 4) is 0 Å². The Labute approximate surface area is 116 Å². The Morgan fingerprint density at radius 2 is 2.21 bits per heavy atom. The van der Waals surface area contributed by atoms with E-state index in [9.17, 15) is 0 Å². The van der Waals surface area contributed by atoms with Crippen LogP contribution in [-0.4, -0.2) is 25.2 Å². The molecule has 2 heteroatoms. The first-order valence-corrected chi connectivity index (χ1v) is 7.59. The van der Waals surface area contributed by atoms with Crippen LogP contribution in [0.3, 0.4) is 0 Å². The molecule has 1 saturated heterocycles. The molecule has 2 aliphatic rings. The zero-order valence-corrected chi connectivity index (χ0v) is 11.7. The first-order valence-electron chi connectivity index (χ1n) is 7.59. The van der Waals surface area contributed by atoms with Crippen LogP contribution in [0.2, 0.25) is 0 Å². The highest BCUT2D eigenvalue weighted by Gasteiger charge is 2.40. The third kappa shape index (κ3) is 3.26. The smallest absolute Gasteiger partial charge is 0.0207 e. The van der Waals surface area contributed by atoms with Crippen LogP contribution < -0.4 is 10.6 Å². The molecule has 3 atom stereocenters. The number of nitrogens with one attached hydrogen (secondary N) is 2. The van der Waals surface area contributed by atoms with E-state index in [0.717, 1.165) is 18.5 Å². The predicted molar refractivity (Wildman–Crippen MR) is 81.0 cm³/mol. The highest BCUT2D eigenvalue weighted by atomic mass is 15.1. The van der Waals surface area contributed by atoms with Crippen molar-refractivity contribution in [2.75, 3.05) is 13.1 Å². The van der Waals surface area contributed by atoms with Gasteiger partial charge in [-0.1, -0.05) is 48.9 Å². The molecule has 1 aliphatic heterocycles. The summed E-state index contributed by atoms with van der Waals surface area (Å²) in [5.74, 6) is 0.769. The summed E-state index contributed by atoms with van der Waals surface area (Å²) in [6.07, 6.45) is 6.16. The molecule has 1 saturated carbocycles. The lowest BCUT2D eigenvalue weighted by molar-refractivity contribution is 0.530. The first kappa shape index (κ1) is 12.9. The zero-order valence-electron chi connectivity index (χ0n) is 11.7. The van der Waals surface area contributed by atoms with Gasteiger partial charge in [0.25, 0.3) is 0 Å². The predicted octanol–water partition coefficient (Wildman–Crippen LogP) is 2.82. The summed E-state index contributed by atoms with van der Waals surface area (Å²) in [7, 11) is 0. The van der Waals surface area contributed by atoms with Crippen LogP contribution in [0.4, 0.5) is 0 Å². The van der Waals surface area contributed by atoms with Gasteiger partial charge in [0.15, 0.2) is 0 Å². The Bertz CT molecular complexity index is 432. The average Bonchev–Trinajstić information content (AvgIpc) is 2.99. The lowest BCUT2D eigenvalue weighted by Gasteiger charge is -2.11. The molecule has 0 amide bonds. The molecule has 2 unspecified atom stereocenters. The molecule has 1 heterocycles. The van der Waals surface area contributed by atoms with Crippen molar-refractivity contribution >= 4 is 6.08 Å². The maximum atomic E-state index is 3.80. The van der Waals surface area contributed by atoms with Gasteiger partial charge in [-0.2, -0.15) is 0 Å². The summed E-state index contributed by atoms with van der Waals surface area (Å²) in [5, 5.41) is 7.23. The van der Waals surface area contributed by atoms with Gasteiger partial charge in [-0.3, -0.25) is 0 Å². The van der Waals surface area contributed by atoms with E-state index in [1.165, 1.54) is 31.4 Å². The van der Waals surface area contributed by atoms with Crippen molar-refractivity contribution in [3.05, 3.63) is 41.5 Å². The standard InChI is InChI=1S/C17H24N2/c1-2-14(10-13-6-4-3-5-7-13)16-11-17(16)19-15-8-9-18-12-15/h3-7,10,15-19H,2,8-9,11-12H2,1H3/t15?,16?,17-/m0/s1. The van der Waals surface area contributed by atoms with Gasteiger partial charge in [-0.25, -0.2) is 0 Å². The molecule has 1 aromatic rings. The number of hydrogen-bond donors (Lipinski definition) is 2. The molecule has 0 aromatic heterocycles. The quantitative estimate of drug-likeness (QED) is 0.846. The second kappa shape index (κ2) is 5.89. The molecular formula is C17H24N2. The minimum atomic E-state index is 0.699. The number of rotatable bonds is 5. The fourth-order valence-corrected chi connectivity index (χ4v) is 3.12. The monoisotopic (exact) mass is 256 g/mol. The van der Waals surface area contributed by atoms with E-state index < -0.39 is 0 Å². The Kier molecular flexibility index (Phi) is 4.00. The molecule has 1 aliphatic carbocycles. The maximum Gasteiger partial charge on any atom is 0.0207 e. The van der Waals surface area contributed by atoms with Crippen LogP contribution in [0.5, 0.6) is 0 Å². The summed E-state index contributed by atoms with van der Waals surface area (Å²) in [4.78, 5) is 0. The maximum absolute atomic E-state index is 3.80. The van der Waals surface area contributed by atoms with E-state index in [1.54, 1.807) is 5.57 Å². The van der Waals surface area contributed by atoms with Crippen molar-refractivity contribution in [3.63, 3.8) is 0 Å². The summed E-state index contributed by atoms with van der Waals surface area (Å²) < 4.78 is 0. The van der Waals surface area contributed by atoms with E-state index in [4.69, 9.17) is 0 Å². The number of hydrogen-bond acceptors (Lipinski definition) is 2. The van der Waals surface area contributed by atoms with Gasteiger partial charge >= 0.3 is 0 Å². The second-order valence-corrected chi connectivity index (χ2v) is 5.79. The van der Waals surface area contributed by atoms with Crippen molar-refractivity contribution in [1.82, 2.24) is 10.6 Å². The third-order valence-corrected chi connectivity index (χ3v) is 4.34. The minimum absolute atomic E-state index is 0.699. The fourth-order valence-electron chi connectivity index (χ4n) is 3.12. The molecule has 0 spiro atoms. The first-order chi connectivity index (χ1) is 9.36. The van der Waals surface area contributed by atoms with Crippen LogP contribution in [0.25, 0.3) is 6.08 Å². The average molecular weight is 256 g/mol. The normalized spacial score (nSPS) is 30.6. The van der Waals surface area contributed by atoms with Crippen LogP contribution in [0.1, 0.15) is 31.7 Å². The van der Waals surface area contributed by atoms with E-state index in [0.29, 0.717) is 6.04 Å². The van der Waals surface area contributed by atoms with Crippen LogP contribution in [0, 0.1) is 5.92 Å². The van der Waals surface area contributed by atoms with Gasteiger partial charge in [0.05, 0.1) is 0 Å². The Hall–Kier alpha value is -1.12. The van der Waals surface area contributed by atoms with Crippen LogP contribution in [-0.2, 0) is 0 Å². The van der Waals surface area contributed by atoms with Crippen LogP contribution in [0.15, 0.2) is 35.9 Å². The summed E-state index contributed by atoms with van der Waals surface area (Å²) in [6, 6.07) is 12.1. The van der Waals surface area contributed by atoms with Crippen molar-refractivity contribution in [1.29, 1.82) is 0 Å². The summed E-state index contributed by atoms with van der Waals surface area (Å²) >= 11 is 0. The molecule has 2 fully saturated rings. The molecular weight excluding hydrogens is 232 g/mol. The summed E-state index contributed by atoms with van der Waals surface area (Å²) in [5.41, 5.74) is 2.95. The van der Waals surface area contributed by atoms with Gasteiger partial charge in [-0.05, 0) is 37.3 Å². The zero-order chi connectivity index (χ0) is 13.1. The molecule has 0 radical (unpaired) electrons. The molecule has 1 aromatic carbocycles. The van der Waals surface area contributed by atoms with E-state index in [1.807, 2.05) is 0 Å². The number of benzene rings is 1. The highest BCUT2D eigenvalue weighted by molar-refractivity contribution is 5.54. The lowest BCUT2D eigenvalue weighted by Crippen LogP contribution is -2.33. The Balaban J connectivity index is 1.60. The van der Waals surface area contributed by atoms with Crippen molar-refractivity contribution < 1.29 is 0 Å². The van der Waals surface area contributed by atoms with Gasteiger partial charge in [0.2, 0.25) is 0 Å². The van der Waals surface area contributed by atoms with E-state index >= 15 is 0 Å². The van der Waals surface area contributed by atoms with Crippen molar-refractivity contribution in [2.24, 2.45) is 5.92 Å². The van der Waals surface area contributed by atoms with Crippen molar-refractivity contribution in [2.45, 2.75) is 38.3 Å².